The molecule has 0 fully saturated rings. The lowest BCUT2D eigenvalue weighted by Crippen LogP contribution is -2.19. The van der Waals surface area contributed by atoms with Crippen molar-refractivity contribution < 1.29 is 0 Å². The lowest BCUT2D eigenvalue weighted by Gasteiger charge is -2.11. The molecule has 0 unspecified atom stereocenters. The van der Waals surface area contributed by atoms with Crippen LogP contribution in [0.5, 0.6) is 0 Å². The van der Waals surface area contributed by atoms with Crippen molar-refractivity contribution in [3.05, 3.63) is 29.8 Å². The molecule has 2 N–H and O–H groups in total. The van der Waals surface area contributed by atoms with Crippen molar-refractivity contribution in [1.82, 2.24) is 5.32 Å². The van der Waals surface area contributed by atoms with Crippen LogP contribution < -0.4 is 10.6 Å². The first-order chi connectivity index (χ1) is 6.74. The first kappa shape index (κ1) is 11.1. The third-order valence-electron chi connectivity index (χ3n) is 2.15. The Labute approximate surface area is 86.7 Å². The third kappa shape index (κ3) is 3.38. The maximum absolute atomic E-state index is 3.44. The molecule has 2 heteroatoms. The minimum atomic E-state index is 0.705. The van der Waals surface area contributed by atoms with Crippen LogP contribution >= 0.6 is 0 Å². The van der Waals surface area contributed by atoms with Crippen LogP contribution in [0.4, 0.5) is 5.69 Å². The smallest absolute Gasteiger partial charge is 0.0383 e. The van der Waals surface area contributed by atoms with Gasteiger partial charge in [-0.05, 0) is 24.1 Å². The number of hydrogen-bond acceptors (Lipinski definition) is 2. The van der Waals surface area contributed by atoms with E-state index >= 15 is 0 Å². The summed E-state index contributed by atoms with van der Waals surface area (Å²) in [6, 6.07) is 8.39. The molecule has 0 amide bonds. The molecule has 1 aromatic carbocycles. The summed E-state index contributed by atoms with van der Waals surface area (Å²) in [5.74, 6) is 0.705. The number of hydrogen-bond donors (Lipinski definition) is 2. The standard InChI is InChI=1S/C12H20N2/c1-10(2)8-14-9-11-6-4-5-7-12(11)13-3/h4-7,10,13-14H,8-9H2,1-3H3. The fourth-order valence-corrected chi connectivity index (χ4v) is 1.41. The van der Waals surface area contributed by atoms with Gasteiger partial charge < -0.3 is 10.6 Å². The zero-order valence-electron chi connectivity index (χ0n) is 9.30. The zero-order valence-corrected chi connectivity index (χ0v) is 9.30. The van der Waals surface area contributed by atoms with Gasteiger partial charge in [-0.2, -0.15) is 0 Å². The van der Waals surface area contributed by atoms with Gasteiger partial charge in [-0.1, -0.05) is 32.0 Å². The monoisotopic (exact) mass is 192 g/mol. The van der Waals surface area contributed by atoms with Crippen LogP contribution in [0.1, 0.15) is 19.4 Å². The summed E-state index contributed by atoms with van der Waals surface area (Å²) in [6.07, 6.45) is 0. The molecule has 0 atom stereocenters. The van der Waals surface area contributed by atoms with E-state index < -0.39 is 0 Å². The topological polar surface area (TPSA) is 24.1 Å². The van der Waals surface area contributed by atoms with Crippen molar-refractivity contribution in [3.8, 4) is 0 Å². The molecule has 0 aromatic heterocycles. The Hall–Kier alpha value is -1.02. The minimum absolute atomic E-state index is 0.705. The van der Waals surface area contributed by atoms with Crippen LogP contribution in [-0.2, 0) is 6.54 Å². The van der Waals surface area contributed by atoms with Crippen molar-refractivity contribution in [1.29, 1.82) is 0 Å². The molecule has 0 saturated heterocycles. The van der Waals surface area contributed by atoms with E-state index in [1.165, 1.54) is 11.3 Å². The van der Waals surface area contributed by atoms with Crippen molar-refractivity contribution >= 4 is 5.69 Å². The highest BCUT2D eigenvalue weighted by Gasteiger charge is 1.99. The number of para-hydroxylation sites is 1. The van der Waals surface area contributed by atoms with E-state index in [-0.39, 0.29) is 0 Å². The summed E-state index contributed by atoms with van der Waals surface area (Å²) >= 11 is 0. The van der Waals surface area contributed by atoms with E-state index in [2.05, 4.69) is 48.7 Å². The average molecular weight is 192 g/mol. The first-order valence-corrected chi connectivity index (χ1v) is 5.20. The Bertz CT molecular complexity index is 269. The Morgan fingerprint density at radius 3 is 2.57 bits per heavy atom. The molecule has 0 spiro atoms. The third-order valence-corrected chi connectivity index (χ3v) is 2.15. The molecule has 1 aromatic rings. The molecular weight excluding hydrogens is 172 g/mol. The predicted octanol–water partition coefficient (Wildman–Crippen LogP) is 2.47. The fraction of sp³-hybridized carbons (Fsp3) is 0.500. The second kappa shape index (κ2) is 5.66. The van der Waals surface area contributed by atoms with Gasteiger partial charge in [0.2, 0.25) is 0 Å². The van der Waals surface area contributed by atoms with Crippen molar-refractivity contribution in [2.75, 3.05) is 18.9 Å². The van der Waals surface area contributed by atoms with Gasteiger partial charge in [-0.3, -0.25) is 0 Å². The van der Waals surface area contributed by atoms with Crippen LogP contribution in [0.3, 0.4) is 0 Å². The largest absolute Gasteiger partial charge is 0.388 e. The molecule has 14 heavy (non-hydrogen) atoms. The number of anilines is 1. The van der Waals surface area contributed by atoms with Crippen LogP contribution in [0.15, 0.2) is 24.3 Å². The van der Waals surface area contributed by atoms with Crippen LogP contribution in [0, 0.1) is 5.92 Å². The molecule has 2 nitrogen and oxygen atoms in total. The highest BCUT2D eigenvalue weighted by molar-refractivity contribution is 5.50. The van der Waals surface area contributed by atoms with E-state index in [1.807, 2.05) is 7.05 Å². The number of nitrogens with one attached hydrogen (secondary N) is 2. The Balaban J connectivity index is 2.49. The molecule has 0 bridgehead atoms. The molecule has 0 heterocycles. The predicted molar refractivity (Wildman–Crippen MR) is 62.5 cm³/mol. The van der Waals surface area contributed by atoms with E-state index in [4.69, 9.17) is 0 Å². The molecule has 0 radical (unpaired) electrons. The zero-order chi connectivity index (χ0) is 10.4. The lowest BCUT2D eigenvalue weighted by molar-refractivity contribution is 0.552. The average Bonchev–Trinajstić information content (AvgIpc) is 2.18. The summed E-state index contributed by atoms with van der Waals surface area (Å²) < 4.78 is 0. The van der Waals surface area contributed by atoms with Gasteiger partial charge in [0.15, 0.2) is 0 Å². The van der Waals surface area contributed by atoms with Crippen molar-refractivity contribution in [2.24, 2.45) is 5.92 Å². The molecular formula is C12H20N2. The van der Waals surface area contributed by atoms with Gasteiger partial charge in [-0.25, -0.2) is 0 Å². The van der Waals surface area contributed by atoms with Gasteiger partial charge in [0.1, 0.15) is 0 Å². The van der Waals surface area contributed by atoms with Crippen molar-refractivity contribution in [3.63, 3.8) is 0 Å². The van der Waals surface area contributed by atoms with Crippen LogP contribution in [0.2, 0.25) is 0 Å². The Morgan fingerprint density at radius 2 is 1.93 bits per heavy atom. The van der Waals surface area contributed by atoms with E-state index in [1.54, 1.807) is 0 Å². The Morgan fingerprint density at radius 1 is 1.21 bits per heavy atom. The Kier molecular flexibility index (Phi) is 4.47. The molecule has 78 valence electrons. The van der Waals surface area contributed by atoms with E-state index in [9.17, 15) is 0 Å². The highest BCUT2D eigenvalue weighted by Crippen LogP contribution is 2.13. The lowest BCUT2D eigenvalue weighted by atomic mass is 10.1. The maximum atomic E-state index is 3.44. The van der Waals surface area contributed by atoms with Gasteiger partial charge in [0.05, 0.1) is 0 Å². The van der Waals surface area contributed by atoms with Gasteiger partial charge >= 0.3 is 0 Å². The quantitative estimate of drug-likeness (QED) is 0.749. The summed E-state index contributed by atoms with van der Waals surface area (Å²) in [7, 11) is 1.96. The maximum Gasteiger partial charge on any atom is 0.0383 e. The van der Waals surface area contributed by atoms with E-state index in [0.29, 0.717) is 5.92 Å². The summed E-state index contributed by atoms with van der Waals surface area (Å²) in [5, 5.41) is 6.63. The molecule has 0 saturated carbocycles. The van der Waals surface area contributed by atoms with E-state index in [0.717, 1.165) is 13.1 Å². The summed E-state index contributed by atoms with van der Waals surface area (Å²) in [6.45, 7) is 6.45. The van der Waals surface area contributed by atoms with Gasteiger partial charge in [0, 0.05) is 19.3 Å². The van der Waals surface area contributed by atoms with Gasteiger partial charge in [0.25, 0.3) is 0 Å². The molecule has 0 aliphatic rings. The minimum Gasteiger partial charge on any atom is -0.388 e. The molecule has 0 aliphatic heterocycles. The second-order valence-electron chi connectivity index (χ2n) is 3.93. The number of rotatable bonds is 5. The number of benzene rings is 1. The summed E-state index contributed by atoms with van der Waals surface area (Å²) in [5.41, 5.74) is 2.54. The summed E-state index contributed by atoms with van der Waals surface area (Å²) in [4.78, 5) is 0. The first-order valence-electron chi connectivity index (χ1n) is 5.20. The van der Waals surface area contributed by atoms with Gasteiger partial charge in [-0.15, -0.1) is 0 Å². The fourth-order valence-electron chi connectivity index (χ4n) is 1.41. The normalized spacial score (nSPS) is 10.6. The SMILES string of the molecule is CNc1ccccc1CNCC(C)C. The van der Waals surface area contributed by atoms with Crippen LogP contribution in [-0.4, -0.2) is 13.6 Å². The van der Waals surface area contributed by atoms with Crippen molar-refractivity contribution in [2.45, 2.75) is 20.4 Å². The van der Waals surface area contributed by atoms with Crippen LogP contribution in [0.25, 0.3) is 0 Å². The highest BCUT2D eigenvalue weighted by atomic mass is 14.9. The molecule has 0 aliphatic carbocycles. The molecule has 1 rings (SSSR count). The second-order valence-corrected chi connectivity index (χ2v) is 3.93.